The van der Waals surface area contributed by atoms with Gasteiger partial charge in [-0.3, -0.25) is 0 Å². The Morgan fingerprint density at radius 1 is 0.923 bits per heavy atom. The van der Waals surface area contributed by atoms with E-state index in [-0.39, 0.29) is 5.92 Å². The normalized spacial score (nSPS) is 17.9. The first-order valence-corrected chi connectivity index (χ1v) is 9.56. The summed E-state index contributed by atoms with van der Waals surface area (Å²) in [6, 6.07) is 21.4. The van der Waals surface area contributed by atoms with Crippen molar-refractivity contribution in [2.75, 3.05) is 13.1 Å². The molecule has 1 aliphatic heterocycles. The van der Waals surface area contributed by atoms with Gasteiger partial charge in [-0.05, 0) is 42.5 Å². The van der Waals surface area contributed by atoms with Gasteiger partial charge in [0.15, 0.2) is 0 Å². The standard InChI is InChI=1S/C24H28N2/c1-4-26(5-2)24-23(19(3)20-12-8-6-9-13-20)18-22(16-17-25-24)21-14-10-7-11-15-21/h6-19,23H,4-5H2,1-3H3. The summed E-state index contributed by atoms with van der Waals surface area (Å²) in [4.78, 5) is 7.25. The van der Waals surface area contributed by atoms with E-state index in [4.69, 9.17) is 4.99 Å². The van der Waals surface area contributed by atoms with Crippen molar-refractivity contribution in [1.29, 1.82) is 0 Å². The van der Waals surface area contributed by atoms with Gasteiger partial charge in [-0.25, -0.2) is 4.99 Å². The molecular formula is C24H28N2. The second-order valence-corrected chi connectivity index (χ2v) is 6.69. The van der Waals surface area contributed by atoms with Crippen molar-refractivity contribution in [2.24, 2.45) is 10.9 Å². The number of nitrogens with zero attached hydrogens (tertiary/aromatic N) is 2. The molecule has 1 heterocycles. The van der Waals surface area contributed by atoms with Crippen LogP contribution >= 0.6 is 0 Å². The molecule has 3 rings (SSSR count). The predicted molar refractivity (Wildman–Crippen MR) is 112 cm³/mol. The van der Waals surface area contributed by atoms with Gasteiger partial charge in [0.05, 0.1) is 0 Å². The van der Waals surface area contributed by atoms with Gasteiger partial charge in [0, 0.05) is 25.2 Å². The molecule has 0 aliphatic carbocycles. The molecule has 134 valence electrons. The fraction of sp³-hybridized carbons (Fsp3) is 0.292. The van der Waals surface area contributed by atoms with Gasteiger partial charge in [-0.15, -0.1) is 0 Å². The van der Waals surface area contributed by atoms with Crippen molar-refractivity contribution >= 4 is 11.4 Å². The maximum absolute atomic E-state index is 4.88. The molecule has 2 aromatic carbocycles. The SMILES string of the molecule is CCN(CC)C1=NC=CC(c2ccccc2)=CC1C(C)c1ccccc1. The van der Waals surface area contributed by atoms with Crippen molar-refractivity contribution in [3.63, 3.8) is 0 Å². The highest BCUT2D eigenvalue weighted by atomic mass is 15.2. The summed E-state index contributed by atoms with van der Waals surface area (Å²) in [5.74, 6) is 1.75. The summed E-state index contributed by atoms with van der Waals surface area (Å²) in [6.07, 6.45) is 6.49. The van der Waals surface area contributed by atoms with E-state index in [2.05, 4.69) is 98.5 Å². The summed E-state index contributed by atoms with van der Waals surface area (Å²) in [5.41, 5.74) is 3.83. The molecule has 1 aliphatic rings. The van der Waals surface area contributed by atoms with Gasteiger partial charge in [0.1, 0.15) is 5.84 Å². The van der Waals surface area contributed by atoms with Crippen LogP contribution < -0.4 is 0 Å². The number of benzene rings is 2. The smallest absolute Gasteiger partial charge is 0.112 e. The molecule has 0 radical (unpaired) electrons. The Bertz CT molecular complexity index is 783. The molecule has 0 aromatic heterocycles. The molecule has 0 saturated carbocycles. The van der Waals surface area contributed by atoms with E-state index in [1.165, 1.54) is 16.7 Å². The number of amidine groups is 1. The molecule has 0 bridgehead atoms. The summed E-state index contributed by atoms with van der Waals surface area (Å²) >= 11 is 0. The van der Waals surface area contributed by atoms with Crippen LogP contribution in [0.25, 0.3) is 5.57 Å². The highest BCUT2D eigenvalue weighted by Gasteiger charge is 2.26. The van der Waals surface area contributed by atoms with Gasteiger partial charge in [0.2, 0.25) is 0 Å². The first-order valence-electron chi connectivity index (χ1n) is 9.56. The van der Waals surface area contributed by atoms with Crippen LogP contribution in [-0.2, 0) is 0 Å². The van der Waals surface area contributed by atoms with E-state index in [1.807, 2.05) is 6.20 Å². The van der Waals surface area contributed by atoms with Crippen molar-refractivity contribution in [2.45, 2.75) is 26.7 Å². The molecule has 26 heavy (non-hydrogen) atoms. The second-order valence-electron chi connectivity index (χ2n) is 6.69. The van der Waals surface area contributed by atoms with Gasteiger partial charge in [-0.2, -0.15) is 0 Å². The van der Waals surface area contributed by atoms with Crippen molar-refractivity contribution in [3.05, 3.63) is 90.1 Å². The van der Waals surface area contributed by atoms with Crippen LogP contribution in [0.15, 0.2) is 84.0 Å². The van der Waals surface area contributed by atoms with Crippen LogP contribution in [0.3, 0.4) is 0 Å². The third-order valence-electron chi connectivity index (χ3n) is 5.18. The Morgan fingerprint density at radius 3 is 2.15 bits per heavy atom. The minimum atomic E-state index is 0.238. The number of hydrogen-bond acceptors (Lipinski definition) is 2. The first-order chi connectivity index (χ1) is 12.7. The molecule has 2 heteroatoms. The zero-order valence-corrected chi connectivity index (χ0v) is 16.0. The molecule has 0 N–H and O–H groups in total. The highest BCUT2D eigenvalue weighted by Crippen LogP contribution is 2.32. The Balaban J connectivity index is 2.05. The fourth-order valence-electron chi connectivity index (χ4n) is 3.60. The molecule has 2 atom stereocenters. The average molecular weight is 345 g/mol. The van der Waals surface area contributed by atoms with E-state index in [1.54, 1.807) is 0 Å². The summed E-state index contributed by atoms with van der Waals surface area (Å²) < 4.78 is 0. The van der Waals surface area contributed by atoms with Crippen molar-refractivity contribution in [1.82, 2.24) is 4.90 Å². The number of rotatable bonds is 5. The summed E-state index contributed by atoms with van der Waals surface area (Å²) in [6.45, 7) is 8.65. The monoisotopic (exact) mass is 344 g/mol. The molecule has 2 aromatic rings. The summed E-state index contributed by atoms with van der Waals surface area (Å²) in [7, 11) is 0. The van der Waals surface area contributed by atoms with E-state index in [0.717, 1.165) is 18.9 Å². The van der Waals surface area contributed by atoms with Crippen LogP contribution in [0.1, 0.15) is 37.8 Å². The lowest BCUT2D eigenvalue weighted by Gasteiger charge is -2.31. The Hall–Kier alpha value is -2.61. The minimum Gasteiger partial charge on any atom is -0.360 e. The van der Waals surface area contributed by atoms with Crippen LogP contribution in [0.2, 0.25) is 0 Å². The van der Waals surface area contributed by atoms with Crippen molar-refractivity contribution in [3.8, 4) is 0 Å². The maximum Gasteiger partial charge on any atom is 0.112 e. The first kappa shape index (κ1) is 18.2. The van der Waals surface area contributed by atoms with Gasteiger partial charge >= 0.3 is 0 Å². The minimum absolute atomic E-state index is 0.238. The van der Waals surface area contributed by atoms with Crippen molar-refractivity contribution < 1.29 is 0 Å². The third-order valence-corrected chi connectivity index (χ3v) is 5.18. The zero-order chi connectivity index (χ0) is 18.4. The Morgan fingerprint density at radius 2 is 1.54 bits per heavy atom. The number of hydrogen-bond donors (Lipinski definition) is 0. The molecular weight excluding hydrogens is 316 g/mol. The average Bonchev–Trinajstić information content (AvgIpc) is 2.93. The molecule has 0 fully saturated rings. The molecule has 0 spiro atoms. The fourth-order valence-corrected chi connectivity index (χ4v) is 3.60. The quantitative estimate of drug-likeness (QED) is 0.673. The molecule has 2 nitrogen and oxygen atoms in total. The van der Waals surface area contributed by atoms with E-state index < -0.39 is 0 Å². The lowest BCUT2D eigenvalue weighted by atomic mass is 9.84. The lowest BCUT2D eigenvalue weighted by molar-refractivity contribution is 0.433. The van der Waals surface area contributed by atoms with E-state index in [9.17, 15) is 0 Å². The predicted octanol–water partition coefficient (Wildman–Crippen LogP) is 5.76. The Kier molecular flexibility index (Phi) is 6.06. The molecule has 2 unspecified atom stereocenters. The van der Waals surface area contributed by atoms with Gasteiger partial charge < -0.3 is 4.90 Å². The van der Waals surface area contributed by atoms with Crippen LogP contribution in [0, 0.1) is 5.92 Å². The van der Waals surface area contributed by atoms with Crippen LogP contribution in [0.5, 0.6) is 0 Å². The number of allylic oxidation sites excluding steroid dienone is 2. The highest BCUT2D eigenvalue weighted by molar-refractivity contribution is 5.91. The van der Waals surface area contributed by atoms with Crippen LogP contribution in [0.4, 0.5) is 0 Å². The zero-order valence-electron chi connectivity index (χ0n) is 16.0. The van der Waals surface area contributed by atoms with Crippen LogP contribution in [-0.4, -0.2) is 23.8 Å². The third kappa shape index (κ3) is 3.96. The van der Waals surface area contributed by atoms with E-state index >= 15 is 0 Å². The largest absolute Gasteiger partial charge is 0.360 e. The second kappa shape index (κ2) is 8.66. The topological polar surface area (TPSA) is 15.6 Å². The maximum atomic E-state index is 4.88. The lowest BCUT2D eigenvalue weighted by Crippen LogP contribution is -2.37. The van der Waals surface area contributed by atoms with Gasteiger partial charge in [-0.1, -0.05) is 73.7 Å². The summed E-state index contributed by atoms with van der Waals surface area (Å²) in [5, 5.41) is 0. The molecule has 0 amide bonds. The number of aliphatic imine (C=N–C) groups is 1. The molecule has 0 saturated heterocycles. The van der Waals surface area contributed by atoms with E-state index in [0.29, 0.717) is 5.92 Å². The Labute approximate surface area is 157 Å². The van der Waals surface area contributed by atoms with Gasteiger partial charge in [0.25, 0.3) is 0 Å².